The standard InChI is InChI=1S/C19H37N3O5S/c1-6-22(7-2)10-8-9-14(3)21-19(25)18(20)13-28-12-17(27-16(5)24)11-26-15(4)23/h14,17-18H,6-13,20H2,1-5H3,(H,21,25)/t14?,17-,18+/m1/s1. The molecule has 0 heterocycles. The van der Waals surface area contributed by atoms with Gasteiger partial charge in [-0.3, -0.25) is 14.4 Å². The Balaban J connectivity index is 4.16. The number of nitrogens with two attached hydrogens (primary N) is 1. The molecule has 0 aliphatic rings. The van der Waals surface area contributed by atoms with Gasteiger partial charge in [0.2, 0.25) is 5.91 Å². The average Bonchev–Trinajstić information content (AvgIpc) is 2.62. The van der Waals surface area contributed by atoms with Crippen molar-refractivity contribution in [3.8, 4) is 0 Å². The van der Waals surface area contributed by atoms with Crippen LogP contribution < -0.4 is 11.1 Å². The number of thioether (sulfide) groups is 1. The van der Waals surface area contributed by atoms with Crippen LogP contribution in [0.1, 0.15) is 47.5 Å². The Bertz CT molecular complexity index is 474. The molecule has 0 aromatic heterocycles. The van der Waals surface area contributed by atoms with Crippen LogP contribution in [0.15, 0.2) is 0 Å². The summed E-state index contributed by atoms with van der Waals surface area (Å²) in [7, 11) is 0. The molecule has 0 aromatic rings. The minimum atomic E-state index is -0.651. The Morgan fingerprint density at radius 2 is 1.75 bits per heavy atom. The third-order valence-electron chi connectivity index (χ3n) is 4.14. The quantitative estimate of drug-likeness (QED) is 0.381. The molecule has 0 aromatic carbocycles. The van der Waals surface area contributed by atoms with Gasteiger partial charge in [-0.05, 0) is 39.4 Å². The Labute approximate surface area is 173 Å². The molecule has 3 N–H and O–H groups in total. The molecule has 28 heavy (non-hydrogen) atoms. The number of hydrogen-bond donors (Lipinski definition) is 2. The first kappa shape index (κ1) is 26.7. The summed E-state index contributed by atoms with van der Waals surface area (Å²) < 4.78 is 10.00. The van der Waals surface area contributed by atoms with Gasteiger partial charge in [0, 0.05) is 31.4 Å². The van der Waals surface area contributed by atoms with E-state index in [0.29, 0.717) is 11.5 Å². The van der Waals surface area contributed by atoms with Crippen LogP contribution in [0.3, 0.4) is 0 Å². The van der Waals surface area contributed by atoms with E-state index in [1.54, 1.807) is 0 Å². The number of esters is 2. The minimum Gasteiger partial charge on any atom is -0.462 e. The monoisotopic (exact) mass is 419 g/mol. The molecule has 1 amide bonds. The second kappa shape index (κ2) is 15.6. The Kier molecular flexibility index (Phi) is 14.9. The maximum atomic E-state index is 12.2. The smallest absolute Gasteiger partial charge is 0.303 e. The van der Waals surface area contributed by atoms with Crippen molar-refractivity contribution in [1.29, 1.82) is 0 Å². The average molecular weight is 420 g/mol. The van der Waals surface area contributed by atoms with Crippen molar-refractivity contribution in [2.24, 2.45) is 5.73 Å². The van der Waals surface area contributed by atoms with Crippen molar-refractivity contribution in [2.45, 2.75) is 65.6 Å². The molecule has 0 aliphatic carbocycles. The topological polar surface area (TPSA) is 111 Å². The number of carbonyl (C=O) groups is 3. The molecule has 0 saturated heterocycles. The van der Waals surface area contributed by atoms with Gasteiger partial charge < -0.3 is 25.4 Å². The van der Waals surface area contributed by atoms with Crippen molar-refractivity contribution in [2.75, 3.05) is 37.7 Å². The fourth-order valence-electron chi connectivity index (χ4n) is 2.55. The summed E-state index contributed by atoms with van der Waals surface area (Å²) in [5, 5.41) is 2.95. The first-order chi connectivity index (χ1) is 13.2. The molecule has 3 atom stereocenters. The minimum absolute atomic E-state index is 0.00702. The zero-order valence-corrected chi connectivity index (χ0v) is 18.7. The van der Waals surface area contributed by atoms with Gasteiger partial charge in [0.25, 0.3) is 0 Å². The SMILES string of the molecule is CCN(CC)CCCC(C)NC(=O)[C@@H](N)CSC[C@@H](COC(C)=O)OC(C)=O. The highest BCUT2D eigenvalue weighted by Gasteiger charge is 2.19. The number of carbonyl (C=O) groups excluding carboxylic acids is 3. The Morgan fingerprint density at radius 1 is 1.11 bits per heavy atom. The lowest BCUT2D eigenvalue weighted by atomic mass is 10.1. The van der Waals surface area contributed by atoms with Crippen molar-refractivity contribution < 1.29 is 23.9 Å². The molecule has 1 unspecified atom stereocenters. The summed E-state index contributed by atoms with van der Waals surface area (Å²) in [4.78, 5) is 36.6. The van der Waals surface area contributed by atoms with Crippen molar-refractivity contribution >= 4 is 29.6 Å². The molecule has 8 nitrogen and oxygen atoms in total. The highest BCUT2D eigenvalue weighted by molar-refractivity contribution is 7.99. The lowest BCUT2D eigenvalue weighted by Crippen LogP contribution is -2.46. The number of ether oxygens (including phenoxy) is 2. The second-order valence-electron chi connectivity index (χ2n) is 6.76. The van der Waals surface area contributed by atoms with Crippen LogP contribution in [0.5, 0.6) is 0 Å². The van der Waals surface area contributed by atoms with Crippen LogP contribution in [-0.2, 0) is 23.9 Å². The highest BCUT2D eigenvalue weighted by Crippen LogP contribution is 2.09. The molecule has 9 heteroatoms. The van der Waals surface area contributed by atoms with E-state index in [-0.39, 0.29) is 18.6 Å². The molecule has 0 spiro atoms. The summed E-state index contributed by atoms with van der Waals surface area (Å²) in [6.45, 7) is 11.9. The first-order valence-electron chi connectivity index (χ1n) is 9.86. The van der Waals surface area contributed by atoms with Crippen molar-refractivity contribution in [3.05, 3.63) is 0 Å². The predicted octanol–water partition coefficient (Wildman–Crippen LogP) is 1.17. The predicted molar refractivity (Wildman–Crippen MR) is 112 cm³/mol. The third kappa shape index (κ3) is 13.8. The van der Waals surface area contributed by atoms with E-state index in [9.17, 15) is 14.4 Å². The molecule has 0 radical (unpaired) electrons. The van der Waals surface area contributed by atoms with Gasteiger partial charge in [0.1, 0.15) is 12.7 Å². The van der Waals surface area contributed by atoms with E-state index < -0.39 is 24.1 Å². The van der Waals surface area contributed by atoms with Crippen LogP contribution in [0.2, 0.25) is 0 Å². The van der Waals surface area contributed by atoms with Gasteiger partial charge >= 0.3 is 11.9 Å². The number of nitrogens with zero attached hydrogens (tertiary/aromatic N) is 1. The molecular weight excluding hydrogens is 382 g/mol. The van der Waals surface area contributed by atoms with Gasteiger partial charge in [-0.1, -0.05) is 13.8 Å². The lowest BCUT2D eigenvalue weighted by Gasteiger charge is -2.21. The van der Waals surface area contributed by atoms with E-state index in [0.717, 1.165) is 32.5 Å². The summed E-state index contributed by atoms with van der Waals surface area (Å²) in [5.74, 6) is -0.290. The molecule has 0 rings (SSSR count). The summed E-state index contributed by atoms with van der Waals surface area (Å²) >= 11 is 1.39. The fraction of sp³-hybridized carbons (Fsp3) is 0.842. The number of nitrogens with one attached hydrogen (secondary N) is 1. The van der Waals surface area contributed by atoms with Gasteiger partial charge in [-0.2, -0.15) is 11.8 Å². The van der Waals surface area contributed by atoms with E-state index in [1.165, 1.54) is 25.6 Å². The fourth-order valence-corrected chi connectivity index (χ4v) is 3.51. The van der Waals surface area contributed by atoms with Gasteiger partial charge in [0.05, 0.1) is 6.04 Å². The number of amides is 1. The van der Waals surface area contributed by atoms with Crippen LogP contribution in [0.25, 0.3) is 0 Å². The number of hydrogen-bond acceptors (Lipinski definition) is 8. The molecule has 164 valence electrons. The van der Waals surface area contributed by atoms with Gasteiger partial charge in [0.15, 0.2) is 0 Å². The van der Waals surface area contributed by atoms with Gasteiger partial charge in [-0.25, -0.2) is 0 Å². The molecule has 0 fully saturated rings. The van der Waals surface area contributed by atoms with Gasteiger partial charge in [-0.15, -0.1) is 0 Å². The lowest BCUT2D eigenvalue weighted by molar-refractivity contribution is -0.154. The van der Waals surface area contributed by atoms with Crippen LogP contribution in [-0.4, -0.2) is 78.7 Å². The molecule has 0 bridgehead atoms. The number of rotatable bonds is 15. The molecular formula is C19H37N3O5S. The molecule has 0 saturated carbocycles. The largest absolute Gasteiger partial charge is 0.462 e. The maximum Gasteiger partial charge on any atom is 0.303 e. The summed E-state index contributed by atoms with van der Waals surface area (Å²) in [5.41, 5.74) is 5.96. The highest BCUT2D eigenvalue weighted by atomic mass is 32.2. The third-order valence-corrected chi connectivity index (χ3v) is 5.34. The van der Waals surface area contributed by atoms with E-state index >= 15 is 0 Å². The zero-order chi connectivity index (χ0) is 21.5. The maximum absolute atomic E-state index is 12.2. The van der Waals surface area contributed by atoms with Crippen LogP contribution >= 0.6 is 11.8 Å². The van der Waals surface area contributed by atoms with E-state index in [1.807, 2.05) is 6.92 Å². The Morgan fingerprint density at radius 3 is 2.29 bits per heavy atom. The molecule has 0 aliphatic heterocycles. The summed E-state index contributed by atoms with van der Waals surface area (Å²) in [6.07, 6.45) is 1.37. The van der Waals surface area contributed by atoms with Crippen molar-refractivity contribution in [3.63, 3.8) is 0 Å². The Hall–Kier alpha value is -1.32. The van der Waals surface area contributed by atoms with E-state index in [4.69, 9.17) is 15.2 Å². The van der Waals surface area contributed by atoms with Crippen LogP contribution in [0, 0.1) is 0 Å². The summed E-state index contributed by atoms with van der Waals surface area (Å²) in [6, 6.07) is -0.584. The van der Waals surface area contributed by atoms with Crippen molar-refractivity contribution in [1.82, 2.24) is 10.2 Å². The zero-order valence-electron chi connectivity index (χ0n) is 17.9. The second-order valence-corrected chi connectivity index (χ2v) is 7.83. The van der Waals surface area contributed by atoms with E-state index in [2.05, 4.69) is 24.1 Å². The normalized spacial score (nSPS) is 14.2. The first-order valence-corrected chi connectivity index (χ1v) is 11.0. The van der Waals surface area contributed by atoms with Crippen LogP contribution in [0.4, 0.5) is 0 Å².